The summed E-state index contributed by atoms with van der Waals surface area (Å²) < 4.78 is 25.6. The number of nitrogens with zero attached hydrogens (tertiary/aromatic N) is 1. The molecule has 130 valence electrons. The summed E-state index contributed by atoms with van der Waals surface area (Å²) in [6, 6.07) is 9.61. The van der Waals surface area contributed by atoms with Gasteiger partial charge in [-0.3, -0.25) is 0 Å². The average molecular weight is 354 g/mol. The Balaban J connectivity index is 2.24. The highest BCUT2D eigenvalue weighted by Crippen LogP contribution is 2.36. The number of nitrogens with one attached hydrogen (secondary N) is 1. The van der Waals surface area contributed by atoms with Crippen molar-refractivity contribution in [2.45, 2.75) is 25.0 Å². The van der Waals surface area contributed by atoms with Crippen molar-refractivity contribution in [2.24, 2.45) is 4.99 Å². The van der Waals surface area contributed by atoms with Gasteiger partial charge in [-0.2, -0.15) is 0 Å². The van der Waals surface area contributed by atoms with Crippen LogP contribution in [-0.4, -0.2) is 38.7 Å². The molecule has 5 heteroatoms. The molecule has 0 aliphatic carbocycles. The Kier molecular flexibility index (Phi) is 5.22. The first kappa shape index (κ1) is 17.7. The van der Waals surface area contributed by atoms with E-state index in [1.165, 1.54) is 6.26 Å². The third-order valence-corrected chi connectivity index (χ3v) is 5.85. The van der Waals surface area contributed by atoms with Crippen molar-refractivity contribution in [1.82, 2.24) is 5.32 Å². The highest BCUT2D eigenvalue weighted by Gasteiger charge is 2.36. The summed E-state index contributed by atoms with van der Waals surface area (Å²) >= 11 is 0. The second-order valence-corrected chi connectivity index (χ2v) is 8.41. The quantitative estimate of drug-likeness (QED) is 0.831. The molecule has 1 unspecified atom stereocenters. The van der Waals surface area contributed by atoms with Crippen LogP contribution in [0.4, 0.5) is 0 Å². The number of rotatable bonds is 2. The Morgan fingerprint density at radius 2 is 1.84 bits per heavy atom. The molecule has 2 heterocycles. The molecule has 1 aromatic rings. The summed E-state index contributed by atoms with van der Waals surface area (Å²) in [7, 11) is -3.37. The zero-order chi connectivity index (χ0) is 17.9. The molecule has 3 rings (SSSR count). The van der Waals surface area contributed by atoms with Gasteiger partial charge in [0.2, 0.25) is 0 Å². The fourth-order valence-corrected chi connectivity index (χ4v) is 4.79. The number of sulfone groups is 1. The molecule has 1 saturated heterocycles. The van der Waals surface area contributed by atoms with Crippen LogP contribution in [0.1, 0.15) is 25.3 Å². The minimum absolute atomic E-state index is 0.592. The lowest BCUT2D eigenvalue weighted by atomic mass is 9.87. The highest BCUT2D eigenvalue weighted by molar-refractivity contribution is 7.92. The molecule has 1 N–H and O–H groups in total. The van der Waals surface area contributed by atoms with Gasteiger partial charge in [0.1, 0.15) is 11.0 Å². The second kappa shape index (κ2) is 7.38. The van der Waals surface area contributed by atoms with Crippen molar-refractivity contribution < 1.29 is 8.42 Å². The fourth-order valence-electron chi connectivity index (χ4n) is 3.42. The van der Waals surface area contributed by atoms with Crippen LogP contribution in [0.15, 0.2) is 52.7 Å². The van der Waals surface area contributed by atoms with E-state index in [9.17, 15) is 8.42 Å². The molecule has 0 radical (unpaired) electrons. The molecule has 0 aromatic heterocycles. The summed E-state index contributed by atoms with van der Waals surface area (Å²) in [5.41, 5.74) is 4.15. The van der Waals surface area contributed by atoms with E-state index in [4.69, 9.17) is 0 Å². The normalized spacial score (nSPS) is 21.1. The Morgan fingerprint density at radius 1 is 1.16 bits per heavy atom. The lowest BCUT2D eigenvalue weighted by Gasteiger charge is -2.29. The topological polar surface area (TPSA) is 58.5 Å². The number of hydrogen-bond donors (Lipinski definition) is 1. The van der Waals surface area contributed by atoms with Crippen molar-refractivity contribution in [3.8, 4) is 11.8 Å². The molecule has 1 fully saturated rings. The maximum absolute atomic E-state index is 12.8. The third-order valence-electron chi connectivity index (χ3n) is 4.50. The molecule has 0 spiro atoms. The van der Waals surface area contributed by atoms with Crippen LogP contribution in [0, 0.1) is 11.8 Å². The standard InChI is InChI=1S/C20H22N2O2S/c1-3-7-18-19(16-10-12-21-13-11-16)20(25(2,23)24)17(14-22-18)15-8-5-4-6-9-15/h4-6,8-9,14,20-21H,10-13H2,1-2H3. The molecule has 0 saturated carbocycles. The predicted octanol–water partition coefficient (Wildman–Crippen LogP) is 2.60. The zero-order valence-electron chi connectivity index (χ0n) is 14.5. The van der Waals surface area contributed by atoms with Gasteiger partial charge in [-0.25, -0.2) is 13.4 Å². The fraction of sp³-hybridized carbons (Fsp3) is 0.350. The van der Waals surface area contributed by atoms with Crippen molar-refractivity contribution >= 4 is 21.1 Å². The lowest BCUT2D eigenvalue weighted by molar-refractivity contribution is 0.593. The van der Waals surface area contributed by atoms with E-state index in [2.05, 4.69) is 22.2 Å². The van der Waals surface area contributed by atoms with Gasteiger partial charge >= 0.3 is 0 Å². The van der Waals surface area contributed by atoms with E-state index in [1.807, 2.05) is 30.3 Å². The summed E-state index contributed by atoms with van der Waals surface area (Å²) in [4.78, 5) is 4.54. The summed E-state index contributed by atoms with van der Waals surface area (Å²) in [6.45, 7) is 3.46. The number of benzene rings is 1. The maximum Gasteiger partial charge on any atom is 0.158 e. The lowest BCUT2D eigenvalue weighted by Crippen LogP contribution is -2.33. The number of piperidine rings is 1. The van der Waals surface area contributed by atoms with E-state index < -0.39 is 15.1 Å². The van der Waals surface area contributed by atoms with Gasteiger partial charge in [0, 0.05) is 23.6 Å². The molecule has 0 amide bonds. The number of hydrogen-bond acceptors (Lipinski definition) is 4. The first-order chi connectivity index (χ1) is 12.0. The molecule has 4 nitrogen and oxygen atoms in total. The van der Waals surface area contributed by atoms with Crippen LogP contribution >= 0.6 is 0 Å². The van der Waals surface area contributed by atoms with Crippen molar-refractivity contribution in [2.75, 3.05) is 19.3 Å². The Morgan fingerprint density at radius 3 is 2.44 bits per heavy atom. The van der Waals surface area contributed by atoms with Crippen LogP contribution < -0.4 is 5.32 Å². The van der Waals surface area contributed by atoms with Crippen LogP contribution in [0.25, 0.3) is 5.57 Å². The van der Waals surface area contributed by atoms with Crippen molar-refractivity contribution in [3.05, 3.63) is 53.2 Å². The molecular formula is C20H22N2O2S. The van der Waals surface area contributed by atoms with Crippen molar-refractivity contribution in [1.29, 1.82) is 0 Å². The van der Waals surface area contributed by atoms with E-state index in [-0.39, 0.29) is 0 Å². The smallest absolute Gasteiger partial charge is 0.158 e. The third kappa shape index (κ3) is 3.76. The molecule has 2 aliphatic heterocycles. The van der Waals surface area contributed by atoms with E-state index in [0.29, 0.717) is 5.71 Å². The monoisotopic (exact) mass is 354 g/mol. The molecule has 0 bridgehead atoms. The Labute approximate surface area is 149 Å². The van der Waals surface area contributed by atoms with Gasteiger partial charge < -0.3 is 5.32 Å². The van der Waals surface area contributed by atoms with Gasteiger partial charge in [-0.05, 0) is 44.3 Å². The minimum Gasteiger partial charge on any atom is -0.316 e. The maximum atomic E-state index is 12.8. The van der Waals surface area contributed by atoms with Crippen molar-refractivity contribution in [3.63, 3.8) is 0 Å². The second-order valence-electron chi connectivity index (χ2n) is 6.28. The molecule has 25 heavy (non-hydrogen) atoms. The summed E-state index contributed by atoms with van der Waals surface area (Å²) in [5, 5.41) is 2.61. The minimum atomic E-state index is -3.37. The van der Waals surface area contributed by atoms with E-state index in [1.54, 1.807) is 13.1 Å². The Hall–Kier alpha value is -2.16. The first-order valence-electron chi connectivity index (χ1n) is 8.40. The first-order valence-corrected chi connectivity index (χ1v) is 10.4. The zero-order valence-corrected chi connectivity index (χ0v) is 15.4. The summed E-state index contributed by atoms with van der Waals surface area (Å²) in [6.07, 6.45) is 4.63. The molecule has 2 aliphatic rings. The predicted molar refractivity (Wildman–Crippen MR) is 103 cm³/mol. The highest BCUT2D eigenvalue weighted by atomic mass is 32.2. The van der Waals surface area contributed by atoms with Crippen LogP contribution in [0.5, 0.6) is 0 Å². The summed E-state index contributed by atoms with van der Waals surface area (Å²) in [5.74, 6) is 5.90. The van der Waals surface area contributed by atoms with Crippen LogP contribution in [0.3, 0.4) is 0 Å². The van der Waals surface area contributed by atoms with Gasteiger partial charge in [0.15, 0.2) is 9.84 Å². The van der Waals surface area contributed by atoms with Gasteiger partial charge in [-0.15, -0.1) is 0 Å². The molecule has 1 atom stereocenters. The number of aliphatic imine (C=N–C) groups is 1. The molecular weight excluding hydrogens is 332 g/mol. The van der Waals surface area contributed by atoms with E-state index >= 15 is 0 Å². The average Bonchev–Trinajstić information content (AvgIpc) is 2.62. The van der Waals surface area contributed by atoms with Gasteiger partial charge in [0.25, 0.3) is 0 Å². The SMILES string of the molecule is CC#CC1=NC=C(c2ccccc2)C(S(C)(=O)=O)C1=C1CCNCC1. The van der Waals surface area contributed by atoms with Crippen LogP contribution in [0.2, 0.25) is 0 Å². The largest absolute Gasteiger partial charge is 0.316 e. The van der Waals surface area contributed by atoms with Gasteiger partial charge in [-0.1, -0.05) is 41.8 Å². The Bertz CT molecular complexity index is 905. The van der Waals surface area contributed by atoms with Crippen LogP contribution in [-0.2, 0) is 9.84 Å². The van der Waals surface area contributed by atoms with Gasteiger partial charge in [0.05, 0.1) is 0 Å². The van der Waals surface area contributed by atoms with E-state index in [0.717, 1.165) is 48.2 Å². The molecule has 1 aromatic carbocycles.